The van der Waals surface area contributed by atoms with Gasteiger partial charge < -0.3 is 9.73 Å². The third-order valence-corrected chi connectivity index (χ3v) is 6.20. The summed E-state index contributed by atoms with van der Waals surface area (Å²) in [6.07, 6.45) is 1.83. The fourth-order valence-corrected chi connectivity index (χ4v) is 4.96. The smallest absolute Gasteiger partial charge is 0.247 e. The molecule has 1 saturated heterocycles. The molecule has 7 heteroatoms. The van der Waals surface area contributed by atoms with Gasteiger partial charge in [-0.05, 0) is 42.2 Å². The summed E-state index contributed by atoms with van der Waals surface area (Å²) in [5.41, 5.74) is 0. The Morgan fingerprint density at radius 2 is 2.32 bits per heavy atom. The average molecular weight is 351 g/mol. The zero-order chi connectivity index (χ0) is 14.0. The van der Waals surface area contributed by atoms with E-state index in [0.717, 1.165) is 19.4 Å². The number of furan rings is 1. The van der Waals surface area contributed by atoms with E-state index in [1.54, 1.807) is 10.4 Å². The first-order chi connectivity index (χ1) is 8.96. The highest BCUT2D eigenvalue weighted by Crippen LogP contribution is 2.32. The summed E-state index contributed by atoms with van der Waals surface area (Å²) < 4.78 is 32.4. The van der Waals surface area contributed by atoms with Crippen molar-refractivity contribution < 1.29 is 12.8 Å². The predicted octanol–water partition coefficient (Wildman–Crippen LogP) is 2.32. The molecule has 0 radical (unpaired) electrons. The molecule has 19 heavy (non-hydrogen) atoms. The largest absolute Gasteiger partial charge is 0.452 e. The molecule has 2 heterocycles. The highest BCUT2D eigenvalue weighted by Gasteiger charge is 2.35. The standard InChI is InChI=1S/C12H19BrN2O3S/c1-3-14-8-10-7-11(12(13)18-10)19(16,17)15-6-4-5-9(15)2/h7,9,14H,3-6,8H2,1-2H3. The molecule has 1 N–H and O–H groups in total. The normalized spacial score (nSPS) is 21.1. The molecule has 0 bridgehead atoms. The lowest BCUT2D eigenvalue weighted by molar-refractivity contribution is 0.406. The van der Waals surface area contributed by atoms with Crippen LogP contribution in [0.3, 0.4) is 0 Å². The van der Waals surface area contributed by atoms with Crippen LogP contribution in [-0.2, 0) is 16.6 Å². The molecule has 1 aliphatic rings. The van der Waals surface area contributed by atoms with Crippen LogP contribution >= 0.6 is 15.9 Å². The minimum absolute atomic E-state index is 0.0593. The fourth-order valence-electron chi connectivity index (χ4n) is 2.30. The topological polar surface area (TPSA) is 62.6 Å². The van der Waals surface area contributed by atoms with Crippen molar-refractivity contribution in [3.05, 3.63) is 16.5 Å². The number of sulfonamides is 1. The lowest BCUT2D eigenvalue weighted by atomic mass is 10.3. The van der Waals surface area contributed by atoms with E-state index in [0.29, 0.717) is 23.5 Å². The van der Waals surface area contributed by atoms with Gasteiger partial charge in [-0.3, -0.25) is 0 Å². The van der Waals surface area contributed by atoms with Gasteiger partial charge in [0.1, 0.15) is 10.7 Å². The van der Waals surface area contributed by atoms with Crippen LogP contribution in [0.25, 0.3) is 0 Å². The van der Waals surface area contributed by atoms with E-state index in [9.17, 15) is 8.42 Å². The second-order valence-corrected chi connectivity index (χ2v) is 7.32. The Balaban J connectivity index is 2.27. The molecule has 0 aromatic carbocycles. The minimum Gasteiger partial charge on any atom is -0.452 e. The summed E-state index contributed by atoms with van der Waals surface area (Å²) in [5.74, 6) is 0.624. The second-order valence-electron chi connectivity index (χ2n) is 4.74. The van der Waals surface area contributed by atoms with E-state index in [2.05, 4.69) is 21.2 Å². The number of nitrogens with zero attached hydrogens (tertiary/aromatic N) is 1. The van der Waals surface area contributed by atoms with Crippen LogP contribution < -0.4 is 5.32 Å². The SMILES string of the molecule is CCNCc1cc(S(=O)(=O)N2CCCC2C)c(Br)o1. The summed E-state index contributed by atoms with van der Waals surface area (Å²) in [6, 6.07) is 1.66. The molecule has 0 saturated carbocycles. The summed E-state index contributed by atoms with van der Waals surface area (Å²) >= 11 is 3.21. The Kier molecular flexibility index (Phi) is 4.70. The van der Waals surface area contributed by atoms with Crippen LogP contribution in [0.15, 0.2) is 20.0 Å². The van der Waals surface area contributed by atoms with Crippen molar-refractivity contribution in [3.63, 3.8) is 0 Å². The lowest BCUT2D eigenvalue weighted by Crippen LogP contribution is -2.33. The van der Waals surface area contributed by atoms with Gasteiger partial charge >= 0.3 is 0 Å². The first-order valence-corrected chi connectivity index (χ1v) is 8.71. The molecule has 1 unspecified atom stereocenters. The molecular formula is C12H19BrN2O3S. The van der Waals surface area contributed by atoms with E-state index in [4.69, 9.17) is 4.42 Å². The van der Waals surface area contributed by atoms with Crippen molar-refractivity contribution in [1.82, 2.24) is 9.62 Å². The molecule has 2 rings (SSSR count). The van der Waals surface area contributed by atoms with E-state index >= 15 is 0 Å². The number of hydrogen-bond acceptors (Lipinski definition) is 4. The molecule has 1 aliphatic heterocycles. The molecule has 0 amide bonds. The third-order valence-electron chi connectivity index (χ3n) is 3.33. The molecule has 0 aliphatic carbocycles. The number of hydrogen-bond donors (Lipinski definition) is 1. The van der Waals surface area contributed by atoms with Crippen molar-refractivity contribution in [3.8, 4) is 0 Å². The maximum atomic E-state index is 12.6. The molecule has 1 aromatic rings. The monoisotopic (exact) mass is 350 g/mol. The maximum absolute atomic E-state index is 12.6. The molecule has 5 nitrogen and oxygen atoms in total. The molecule has 0 spiro atoms. The molecule has 1 aromatic heterocycles. The van der Waals surface area contributed by atoms with Crippen molar-refractivity contribution >= 4 is 26.0 Å². The molecule has 1 atom stereocenters. The van der Waals surface area contributed by atoms with Gasteiger partial charge in [0, 0.05) is 18.7 Å². The van der Waals surface area contributed by atoms with Gasteiger partial charge in [-0.2, -0.15) is 4.31 Å². The van der Waals surface area contributed by atoms with E-state index in [1.165, 1.54) is 0 Å². The Labute approximate surface area is 122 Å². The Bertz CT molecular complexity index is 541. The first-order valence-electron chi connectivity index (χ1n) is 6.47. The second kappa shape index (κ2) is 5.95. The predicted molar refractivity (Wildman–Crippen MR) is 76.4 cm³/mol. The number of rotatable bonds is 5. The quantitative estimate of drug-likeness (QED) is 0.884. The minimum atomic E-state index is -3.46. The average Bonchev–Trinajstić information content (AvgIpc) is 2.93. The number of halogens is 1. The molecule has 108 valence electrons. The van der Waals surface area contributed by atoms with Gasteiger partial charge in [0.05, 0.1) is 6.54 Å². The van der Waals surface area contributed by atoms with Crippen LogP contribution in [0, 0.1) is 0 Å². The highest BCUT2D eigenvalue weighted by molar-refractivity contribution is 9.10. The van der Waals surface area contributed by atoms with Crippen LogP contribution in [0.1, 0.15) is 32.4 Å². The molecular weight excluding hydrogens is 332 g/mol. The Hall–Kier alpha value is -0.370. The summed E-state index contributed by atoms with van der Waals surface area (Å²) in [7, 11) is -3.46. The van der Waals surface area contributed by atoms with Gasteiger partial charge in [-0.1, -0.05) is 6.92 Å². The van der Waals surface area contributed by atoms with E-state index < -0.39 is 10.0 Å². The van der Waals surface area contributed by atoms with Crippen molar-refractivity contribution in [1.29, 1.82) is 0 Å². The van der Waals surface area contributed by atoms with Crippen LogP contribution in [0.2, 0.25) is 0 Å². The van der Waals surface area contributed by atoms with Gasteiger partial charge in [-0.25, -0.2) is 8.42 Å². The number of nitrogens with one attached hydrogen (secondary N) is 1. The van der Waals surface area contributed by atoms with Crippen molar-refractivity contribution in [2.45, 2.75) is 44.2 Å². The fraction of sp³-hybridized carbons (Fsp3) is 0.667. The van der Waals surface area contributed by atoms with Gasteiger partial charge in [0.25, 0.3) is 0 Å². The van der Waals surface area contributed by atoms with Gasteiger partial charge in [-0.15, -0.1) is 0 Å². The van der Waals surface area contributed by atoms with Crippen LogP contribution in [-0.4, -0.2) is 31.9 Å². The lowest BCUT2D eigenvalue weighted by Gasteiger charge is -2.19. The Morgan fingerprint density at radius 3 is 2.89 bits per heavy atom. The highest BCUT2D eigenvalue weighted by atomic mass is 79.9. The van der Waals surface area contributed by atoms with Crippen molar-refractivity contribution in [2.75, 3.05) is 13.1 Å². The zero-order valence-electron chi connectivity index (χ0n) is 11.1. The van der Waals surface area contributed by atoms with Crippen LogP contribution in [0.5, 0.6) is 0 Å². The maximum Gasteiger partial charge on any atom is 0.247 e. The Morgan fingerprint density at radius 1 is 1.58 bits per heavy atom. The third kappa shape index (κ3) is 3.04. The van der Waals surface area contributed by atoms with Gasteiger partial charge in [0.15, 0.2) is 4.67 Å². The first kappa shape index (κ1) is 15.0. The van der Waals surface area contributed by atoms with Crippen LogP contribution in [0.4, 0.5) is 0 Å². The summed E-state index contributed by atoms with van der Waals surface area (Å²) in [5, 5.41) is 3.11. The molecule has 1 fully saturated rings. The zero-order valence-corrected chi connectivity index (χ0v) is 13.6. The van der Waals surface area contributed by atoms with E-state index in [1.807, 2.05) is 13.8 Å². The van der Waals surface area contributed by atoms with E-state index in [-0.39, 0.29) is 10.9 Å². The summed E-state index contributed by atoms with van der Waals surface area (Å²) in [4.78, 5) is 0.231. The van der Waals surface area contributed by atoms with Gasteiger partial charge in [0.2, 0.25) is 10.0 Å². The van der Waals surface area contributed by atoms with Crippen molar-refractivity contribution in [2.24, 2.45) is 0 Å². The summed E-state index contributed by atoms with van der Waals surface area (Å²) in [6.45, 7) is 5.85.